The van der Waals surface area contributed by atoms with Crippen LogP contribution < -0.4 is 15.5 Å². The molecule has 2 unspecified atom stereocenters. The first-order chi connectivity index (χ1) is 11.7. The van der Waals surface area contributed by atoms with Gasteiger partial charge in [-0.1, -0.05) is 18.2 Å². The van der Waals surface area contributed by atoms with Crippen molar-refractivity contribution in [3.63, 3.8) is 0 Å². The zero-order valence-corrected chi connectivity index (χ0v) is 13.8. The summed E-state index contributed by atoms with van der Waals surface area (Å²) in [5.74, 6) is -0.124. The zero-order chi connectivity index (χ0) is 16.5. The van der Waals surface area contributed by atoms with Crippen molar-refractivity contribution in [3.8, 4) is 0 Å². The van der Waals surface area contributed by atoms with E-state index in [1.807, 2.05) is 47.9 Å². The number of rotatable bonds is 3. The number of amides is 2. The van der Waals surface area contributed by atoms with E-state index < -0.39 is 0 Å². The van der Waals surface area contributed by atoms with Crippen LogP contribution in [0.2, 0.25) is 0 Å². The van der Waals surface area contributed by atoms with Crippen molar-refractivity contribution in [2.45, 2.75) is 18.5 Å². The van der Waals surface area contributed by atoms with Gasteiger partial charge < -0.3 is 15.5 Å². The van der Waals surface area contributed by atoms with Crippen molar-refractivity contribution in [2.24, 2.45) is 0 Å². The van der Waals surface area contributed by atoms with Gasteiger partial charge in [-0.25, -0.2) is 0 Å². The molecule has 0 saturated carbocycles. The van der Waals surface area contributed by atoms with Crippen LogP contribution in [-0.2, 0) is 9.59 Å². The molecule has 0 radical (unpaired) electrons. The molecule has 122 valence electrons. The van der Waals surface area contributed by atoms with Gasteiger partial charge in [-0.3, -0.25) is 9.59 Å². The molecule has 2 amide bonds. The Morgan fingerprint density at radius 3 is 3.00 bits per heavy atom. The average Bonchev–Trinajstić information content (AvgIpc) is 3.23. The number of para-hydroxylation sites is 2. The number of thiophene rings is 1. The predicted molar refractivity (Wildman–Crippen MR) is 96.1 cm³/mol. The standard InChI is InChI=1S/C18H17N3O2S/c22-17(8-7-13-4-3-9-24-13)19-12-10-16-18(23)20-14-5-1-2-6-15(14)21(16)11-12/h1-9,12,16H,10-11H2,(H,19,22)(H,20,23)/b8-7+. The molecule has 6 heteroatoms. The lowest BCUT2D eigenvalue weighted by molar-refractivity contribution is -0.118. The van der Waals surface area contributed by atoms with Gasteiger partial charge in [-0.2, -0.15) is 0 Å². The second-order valence-corrected chi connectivity index (χ2v) is 6.94. The lowest BCUT2D eigenvalue weighted by atomic mass is 10.1. The zero-order valence-electron chi connectivity index (χ0n) is 12.9. The normalized spacial score (nSPS) is 22.2. The van der Waals surface area contributed by atoms with Crippen LogP contribution in [0.5, 0.6) is 0 Å². The fraction of sp³-hybridized carbons (Fsp3) is 0.222. The summed E-state index contributed by atoms with van der Waals surface area (Å²) < 4.78 is 0. The van der Waals surface area contributed by atoms with Gasteiger partial charge in [0.05, 0.1) is 11.4 Å². The van der Waals surface area contributed by atoms with Gasteiger partial charge in [-0.05, 0) is 36.1 Å². The maximum Gasteiger partial charge on any atom is 0.247 e. The molecular formula is C18H17N3O2S. The van der Waals surface area contributed by atoms with Crippen LogP contribution in [-0.4, -0.2) is 30.4 Å². The molecule has 3 heterocycles. The van der Waals surface area contributed by atoms with Crippen LogP contribution in [0.3, 0.4) is 0 Å². The third-order valence-corrected chi connectivity index (χ3v) is 5.20. The van der Waals surface area contributed by atoms with Crippen LogP contribution >= 0.6 is 11.3 Å². The summed E-state index contributed by atoms with van der Waals surface area (Å²) in [6.45, 7) is 0.647. The molecule has 1 fully saturated rings. The Bertz CT molecular complexity index is 800. The van der Waals surface area contributed by atoms with E-state index in [1.165, 1.54) is 0 Å². The highest BCUT2D eigenvalue weighted by atomic mass is 32.1. The fourth-order valence-electron chi connectivity index (χ4n) is 3.29. The minimum Gasteiger partial charge on any atom is -0.356 e. The second kappa shape index (κ2) is 6.13. The Balaban J connectivity index is 1.45. The molecule has 2 N–H and O–H groups in total. The molecule has 1 aromatic heterocycles. The number of hydrogen-bond donors (Lipinski definition) is 2. The number of nitrogens with one attached hydrogen (secondary N) is 2. The molecule has 2 aliphatic heterocycles. The highest BCUT2D eigenvalue weighted by molar-refractivity contribution is 7.10. The third kappa shape index (κ3) is 2.80. The molecule has 0 aliphatic carbocycles. The quantitative estimate of drug-likeness (QED) is 0.845. The van der Waals surface area contributed by atoms with Gasteiger partial charge in [-0.15, -0.1) is 11.3 Å². The van der Waals surface area contributed by atoms with Gasteiger partial charge >= 0.3 is 0 Å². The largest absolute Gasteiger partial charge is 0.356 e. The summed E-state index contributed by atoms with van der Waals surface area (Å²) in [5.41, 5.74) is 1.86. The smallest absolute Gasteiger partial charge is 0.247 e. The summed E-state index contributed by atoms with van der Waals surface area (Å²) in [4.78, 5) is 27.5. The number of nitrogens with zero attached hydrogens (tertiary/aromatic N) is 1. The molecule has 0 bridgehead atoms. The average molecular weight is 339 g/mol. The lowest BCUT2D eigenvalue weighted by Gasteiger charge is -2.32. The van der Waals surface area contributed by atoms with Gasteiger partial charge in [0.15, 0.2) is 0 Å². The number of anilines is 2. The predicted octanol–water partition coefficient (Wildman–Crippen LogP) is 2.48. The van der Waals surface area contributed by atoms with E-state index in [9.17, 15) is 9.59 Å². The molecule has 1 aromatic carbocycles. The Hall–Kier alpha value is -2.60. The van der Waals surface area contributed by atoms with Crippen molar-refractivity contribution in [2.75, 3.05) is 16.8 Å². The van der Waals surface area contributed by atoms with Gasteiger partial charge in [0.25, 0.3) is 0 Å². The van der Waals surface area contributed by atoms with Gasteiger partial charge in [0.1, 0.15) is 6.04 Å². The second-order valence-electron chi connectivity index (χ2n) is 5.96. The van der Waals surface area contributed by atoms with Crippen molar-refractivity contribution >= 4 is 40.6 Å². The van der Waals surface area contributed by atoms with Gasteiger partial charge in [0, 0.05) is 23.5 Å². The maximum absolute atomic E-state index is 12.3. The number of carbonyl (C=O) groups is 2. The molecular weight excluding hydrogens is 322 g/mol. The van der Waals surface area contributed by atoms with Crippen LogP contribution in [0.25, 0.3) is 6.08 Å². The summed E-state index contributed by atoms with van der Waals surface area (Å²) >= 11 is 1.59. The molecule has 5 nitrogen and oxygen atoms in total. The van der Waals surface area contributed by atoms with Crippen molar-refractivity contribution < 1.29 is 9.59 Å². The minimum absolute atomic E-state index is 0.000392. The maximum atomic E-state index is 12.3. The lowest BCUT2D eigenvalue weighted by Crippen LogP contribution is -2.43. The van der Waals surface area contributed by atoms with Crippen molar-refractivity contribution in [3.05, 3.63) is 52.7 Å². The fourth-order valence-corrected chi connectivity index (χ4v) is 3.91. The van der Waals surface area contributed by atoms with E-state index in [0.717, 1.165) is 16.3 Å². The summed E-state index contributed by atoms with van der Waals surface area (Å²) in [5, 5.41) is 7.92. The Kier molecular flexibility index (Phi) is 3.82. The Labute approximate surface area is 144 Å². The monoisotopic (exact) mass is 339 g/mol. The molecule has 0 spiro atoms. The molecule has 1 saturated heterocycles. The van der Waals surface area contributed by atoms with Crippen molar-refractivity contribution in [1.82, 2.24) is 5.32 Å². The first-order valence-corrected chi connectivity index (χ1v) is 8.77. The summed E-state index contributed by atoms with van der Waals surface area (Å²) in [7, 11) is 0. The minimum atomic E-state index is -0.216. The number of fused-ring (bicyclic) bond motifs is 3. The molecule has 4 rings (SSSR count). The third-order valence-electron chi connectivity index (χ3n) is 4.36. The number of hydrogen-bond acceptors (Lipinski definition) is 4. The van der Waals surface area contributed by atoms with Crippen LogP contribution in [0.1, 0.15) is 11.3 Å². The number of benzene rings is 1. The highest BCUT2D eigenvalue weighted by Crippen LogP contribution is 2.36. The molecule has 2 atom stereocenters. The van der Waals surface area contributed by atoms with E-state index in [4.69, 9.17) is 0 Å². The summed E-state index contributed by atoms with van der Waals surface area (Å²) in [6.07, 6.45) is 3.99. The van der Waals surface area contributed by atoms with E-state index in [2.05, 4.69) is 15.5 Å². The van der Waals surface area contributed by atoms with Crippen LogP contribution in [0, 0.1) is 0 Å². The topological polar surface area (TPSA) is 61.4 Å². The summed E-state index contributed by atoms with van der Waals surface area (Å²) in [6, 6.07) is 11.4. The van der Waals surface area contributed by atoms with Crippen molar-refractivity contribution in [1.29, 1.82) is 0 Å². The molecule has 2 aromatic rings. The first-order valence-electron chi connectivity index (χ1n) is 7.89. The Morgan fingerprint density at radius 1 is 1.29 bits per heavy atom. The van der Waals surface area contributed by atoms with E-state index >= 15 is 0 Å². The van der Waals surface area contributed by atoms with Gasteiger partial charge in [0.2, 0.25) is 11.8 Å². The number of carbonyl (C=O) groups excluding carboxylic acids is 2. The van der Waals surface area contributed by atoms with E-state index in [0.29, 0.717) is 13.0 Å². The highest BCUT2D eigenvalue weighted by Gasteiger charge is 2.41. The van der Waals surface area contributed by atoms with E-state index in [1.54, 1.807) is 17.4 Å². The van der Waals surface area contributed by atoms with E-state index in [-0.39, 0.29) is 23.9 Å². The van der Waals surface area contributed by atoms with Crippen LogP contribution in [0.4, 0.5) is 11.4 Å². The Morgan fingerprint density at radius 2 is 2.17 bits per heavy atom. The van der Waals surface area contributed by atoms with Crippen LogP contribution in [0.15, 0.2) is 47.9 Å². The first kappa shape index (κ1) is 15.0. The molecule has 24 heavy (non-hydrogen) atoms. The molecule has 2 aliphatic rings. The SMILES string of the molecule is O=C(/C=C/c1cccs1)NC1CC2C(=O)Nc3ccccc3N2C1.